The van der Waals surface area contributed by atoms with Crippen molar-refractivity contribution in [2.75, 3.05) is 7.05 Å². The van der Waals surface area contributed by atoms with Crippen LogP contribution in [0.3, 0.4) is 0 Å². The van der Waals surface area contributed by atoms with E-state index in [0.29, 0.717) is 0 Å². The average Bonchev–Trinajstić information content (AvgIpc) is 2.44. The Hall–Kier alpha value is -1.58. The molecule has 2 atom stereocenters. The van der Waals surface area contributed by atoms with Gasteiger partial charge in [0.2, 0.25) is 0 Å². The van der Waals surface area contributed by atoms with Gasteiger partial charge in [-0.25, -0.2) is 9.18 Å². The molecule has 3 nitrogen and oxygen atoms in total. The third-order valence-electron chi connectivity index (χ3n) is 2.60. The number of carboxylic acids is 1. The van der Waals surface area contributed by atoms with Crippen molar-refractivity contribution in [3.8, 4) is 0 Å². The van der Waals surface area contributed by atoms with E-state index >= 15 is 0 Å². The van der Waals surface area contributed by atoms with Crippen molar-refractivity contribution < 1.29 is 14.3 Å². The Labute approximate surface area is 80.8 Å². The molecule has 0 amide bonds. The number of nitrogens with zero attached hydrogens (tertiary/aromatic N) is 1. The van der Waals surface area contributed by atoms with Gasteiger partial charge >= 0.3 is 5.97 Å². The monoisotopic (exact) mass is 195 g/mol. The first-order valence-electron chi connectivity index (χ1n) is 4.33. The molecule has 74 valence electrons. The van der Waals surface area contributed by atoms with Crippen molar-refractivity contribution in [2.24, 2.45) is 5.92 Å². The van der Waals surface area contributed by atoms with Gasteiger partial charge in [-0.2, -0.15) is 0 Å². The molecule has 1 heterocycles. The molecule has 0 saturated carbocycles. The van der Waals surface area contributed by atoms with E-state index in [2.05, 4.69) is 0 Å². The van der Waals surface area contributed by atoms with Gasteiger partial charge in [-0.1, -0.05) is 6.08 Å². The van der Waals surface area contributed by atoms with Crippen LogP contribution in [0.4, 0.5) is 4.39 Å². The topological polar surface area (TPSA) is 40.5 Å². The molecule has 4 heteroatoms. The van der Waals surface area contributed by atoms with E-state index in [1.807, 2.05) is 0 Å². The third kappa shape index (κ3) is 1.23. The molecule has 1 aliphatic carbocycles. The number of fused-ring (bicyclic) bond motifs is 1. The van der Waals surface area contributed by atoms with E-state index in [1.54, 1.807) is 24.1 Å². The zero-order valence-corrected chi connectivity index (χ0v) is 7.64. The first-order chi connectivity index (χ1) is 6.59. The molecular weight excluding hydrogens is 185 g/mol. The quantitative estimate of drug-likeness (QED) is 0.685. The van der Waals surface area contributed by atoms with Crippen LogP contribution in [-0.2, 0) is 4.79 Å². The summed E-state index contributed by atoms with van der Waals surface area (Å²) in [5.74, 6) is -1.30. The molecule has 0 aromatic heterocycles. The number of allylic oxidation sites excluding steroid dienone is 2. The predicted octanol–water partition coefficient (Wildman–Crippen LogP) is 1.31. The second kappa shape index (κ2) is 2.97. The molecule has 0 bridgehead atoms. The minimum atomic E-state index is -0.968. The minimum absolute atomic E-state index is 0.0226. The van der Waals surface area contributed by atoms with Crippen LogP contribution in [0.2, 0.25) is 0 Å². The van der Waals surface area contributed by atoms with Gasteiger partial charge in [-0.15, -0.1) is 0 Å². The zero-order chi connectivity index (χ0) is 10.3. The van der Waals surface area contributed by atoms with Gasteiger partial charge in [0, 0.05) is 13.0 Å². The lowest BCUT2D eigenvalue weighted by Gasteiger charge is -2.25. The molecule has 0 aromatic rings. The van der Waals surface area contributed by atoms with Crippen LogP contribution in [0.1, 0.15) is 0 Å². The summed E-state index contributed by atoms with van der Waals surface area (Å²) in [6.07, 6.45) is 6.15. The summed E-state index contributed by atoms with van der Waals surface area (Å²) in [5.41, 5.74) is 0.232. The molecule has 0 saturated heterocycles. The number of hydrogen-bond acceptors (Lipinski definition) is 2. The second-order valence-electron chi connectivity index (χ2n) is 3.45. The average molecular weight is 195 g/mol. The molecule has 14 heavy (non-hydrogen) atoms. The second-order valence-corrected chi connectivity index (χ2v) is 3.45. The number of rotatable bonds is 1. The van der Waals surface area contributed by atoms with Crippen LogP contribution in [0.5, 0.6) is 0 Å². The number of likely N-dealkylation sites (N-methyl/N-ethyl adjacent to an activating group) is 1. The number of aliphatic carboxylic acids is 1. The molecule has 1 aliphatic heterocycles. The summed E-state index contributed by atoms with van der Waals surface area (Å²) in [6.45, 7) is 0. The molecule has 1 N–H and O–H groups in total. The van der Waals surface area contributed by atoms with E-state index in [1.165, 1.54) is 12.2 Å². The first kappa shape index (κ1) is 8.99. The molecule has 0 fully saturated rings. The summed E-state index contributed by atoms with van der Waals surface area (Å²) >= 11 is 0. The highest BCUT2D eigenvalue weighted by atomic mass is 19.1. The first-order valence-corrected chi connectivity index (χ1v) is 4.33. The fourth-order valence-corrected chi connectivity index (χ4v) is 1.85. The van der Waals surface area contributed by atoms with Gasteiger partial charge in [-0.3, -0.25) is 0 Å². The van der Waals surface area contributed by atoms with Crippen molar-refractivity contribution in [3.63, 3.8) is 0 Å². The van der Waals surface area contributed by atoms with Gasteiger partial charge in [0.25, 0.3) is 0 Å². The number of carboxylic acid groups (broad SMARTS) is 1. The number of hydrogen-bond donors (Lipinski definition) is 1. The third-order valence-corrected chi connectivity index (χ3v) is 2.60. The van der Waals surface area contributed by atoms with Gasteiger partial charge in [0.1, 0.15) is 11.5 Å². The molecule has 0 spiro atoms. The van der Waals surface area contributed by atoms with E-state index in [-0.39, 0.29) is 23.5 Å². The zero-order valence-electron chi connectivity index (χ0n) is 7.64. The van der Waals surface area contributed by atoms with Gasteiger partial charge in [-0.05, 0) is 18.2 Å². The van der Waals surface area contributed by atoms with Crippen LogP contribution >= 0.6 is 0 Å². The van der Waals surface area contributed by atoms with Crippen LogP contribution in [0.25, 0.3) is 0 Å². The normalized spacial score (nSPS) is 29.7. The summed E-state index contributed by atoms with van der Waals surface area (Å²) in [4.78, 5) is 12.4. The summed E-state index contributed by atoms with van der Waals surface area (Å²) in [6, 6.07) is -0.189. The highest BCUT2D eigenvalue weighted by molar-refractivity contribution is 5.86. The SMILES string of the molecule is CN1C(C(=O)O)=CC2C=CC(F)=CC21. The molecule has 2 unspecified atom stereocenters. The smallest absolute Gasteiger partial charge is 0.351 e. The van der Waals surface area contributed by atoms with Crippen molar-refractivity contribution in [1.29, 1.82) is 0 Å². The van der Waals surface area contributed by atoms with Crippen LogP contribution in [0.15, 0.2) is 35.8 Å². The van der Waals surface area contributed by atoms with Crippen LogP contribution in [0, 0.1) is 5.92 Å². The predicted molar refractivity (Wildman–Crippen MR) is 49.1 cm³/mol. The van der Waals surface area contributed by atoms with Gasteiger partial charge in [0.05, 0.1) is 6.04 Å². The maximum absolute atomic E-state index is 12.9. The Balaban J connectivity index is 2.32. The Morgan fingerprint density at radius 1 is 1.57 bits per heavy atom. The van der Waals surface area contributed by atoms with E-state index in [0.717, 1.165) is 0 Å². The van der Waals surface area contributed by atoms with Crippen molar-refractivity contribution in [3.05, 3.63) is 35.8 Å². The van der Waals surface area contributed by atoms with Gasteiger partial charge in [0.15, 0.2) is 0 Å². The Morgan fingerprint density at radius 2 is 2.29 bits per heavy atom. The summed E-state index contributed by atoms with van der Waals surface area (Å²) < 4.78 is 12.9. The number of carbonyl (C=O) groups is 1. The largest absolute Gasteiger partial charge is 0.477 e. The maximum atomic E-state index is 12.9. The Bertz CT molecular complexity index is 370. The fraction of sp³-hybridized carbons (Fsp3) is 0.300. The molecule has 2 rings (SSSR count). The van der Waals surface area contributed by atoms with Crippen LogP contribution in [-0.4, -0.2) is 29.1 Å². The lowest BCUT2D eigenvalue weighted by molar-refractivity contribution is -0.134. The van der Waals surface area contributed by atoms with E-state index in [9.17, 15) is 9.18 Å². The highest BCUT2D eigenvalue weighted by Crippen LogP contribution is 2.31. The van der Waals surface area contributed by atoms with E-state index in [4.69, 9.17) is 5.11 Å². The van der Waals surface area contributed by atoms with Gasteiger partial charge < -0.3 is 10.0 Å². The summed E-state index contributed by atoms with van der Waals surface area (Å²) in [7, 11) is 1.66. The molecule has 0 aromatic carbocycles. The lowest BCUT2D eigenvalue weighted by atomic mass is 9.97. The van der Waals surface area contributed by atoms with Crippen molar-refractivity contribution in [2.45, 2.75) is 6.04 Å². The highest BCUT2D eigenvalue weighted by Gasteiger charge is 2.33. The molecule has 0 radical (unpaired) electrons. The maximum Gasteiger partial charge on any atom is 0.351 e. The standard InChI is InChI=1S/C10H10FNO2/c1-12-8-5-7(11)3-2-6(8)4-9(12)10(13)14/h2-6,8H,1H3,(H,13,14). The lowest BCUT2D eigenvalue weighted by Crippen LogP contribution is -2.31. The fourth-order valence-electron chi connectivity index (χ4n) is 1.85. The Morgan fingerprint density at radius 3 is 2.93 bits per heavy atom. The molecular formula is C10H10FNO2. The van der Waals surface area contributed by atoms with Crippen molar-refractivity contribution in [1.82, 2.24) is 4.90 Å². The molecule has 2 aliphatic rings. The van der Waals surface area contributed by atoms with Crippen molar-refractivity contribution >= 4 is 5.97 Å². The Kier molecular flexibility index (Phi) is 1.91. The van der Waals surface area contributed by atoms with E-state index < -0.39 is 5.97 Å². The summed E-state index contributed by atoms with van der Waals surface area (Å²) in [5, 5.41) is 8.85. The minimum Gasteiger partial charge on any atom is -0.477 e. The van der Waals surface area contributed by atoms with Crippen LogP contribution < -0.4 is 0 Å². The number of halogens is 1.